The standard InChI is InChI=1S/C7H14N2Si/c1-2-3-6-10-9-5-4-8-7-9/h4-5,7H,2-3,6,10H2,1H3. The Labute approximate surface area is 64.2 Å². The van der Waals surface area contributed by atoms with E-state index in [0.29, 0.717) is 0 Å². The summed E-state index contributed by atoms with van der Waals surface area (Å²) in [7, 11) is -0.0260. The molecule has 0 fully saturated rings. The Morgan fingerprint density at radius 3 is 3.10 bits per heavy atom. The maximum Gasteiger partial charge on any atom is 0.130 e. The average Bonchev–Trinajstić information content (AvgIpc) is 2.41. The van der Waals surface area contributed by atoms with E-state index in [1.165, 1.54) is 18.9 Å². The van der Waals surface area contributed by atoms with Crippen molar-refractivity contribution in [3.8, 4) is 0 Å². The number of hydrogen-bond donors (Lipinski definition) is 0. The lowest BCUT2D eigenvalue weighted by Gasteiger charge is -1.97. The summed E-state index contributed by atoms with van der Waals surface area (Å²) in [6.45, 7) is 2.24. The van der Waals surface area contributed by atoms with Crippen LogP contribution in [0.25, 0.3) is 0 Å². The van der Waals surface area contributed by atoms with E-state index in [1.54, 1.807) is 0 Å². The van der Waals surface area contributed by atoms with Gasteiger partial charge in [0.15, 0.2) is 0 Å². The smallest absolute Gasteiger partial charge is 0.130 e. The van der Waals surface area contributed by atoms with E-state index in [1.807, 2.05) is 12.5 Å². The van der Waals surface area contributed by atoms with Crippen LogP contribution in [0.1, 0.15) is 19.8 Å². The van der Waals surface area contributed by atoms with Crippen LogP contribution in [0.5, 0.6) is 0 Å². The topological polar surface area (TPSA) is 17.8 Å². The van der Waals surface area contributed by atoms with Crippen LogP contribution in [0.3, 0.4) is 0 Å². The quantitative estimate of drug-likeness (QED) is 0.468. The maximum absolute atomic E-state index is 4.00. The largest absolute Gasteiger partial charge is 0.370 e. The molecular formula is C7H14N2Si. The number of unbranched alkanes of at least 4 members (excludes halogenated alkanes) is 1. The van der Waals surface area contributed by atoms with Gasteiger partial charge in [0.2, 0.25) is 0 Å². The maximum atomic E-state index is 4.00. The van der Waals surface area contributed by atoms with Gasteiger partial charge in [0.25, 0.3) is 0 Å². The predicted octanol–water partition coefficient (Wildman–Crippen LogP) is 1.03. The molecule has 3 heteroatoms. The zero-order valence-electron chi connectivity index (χ0n) is 6.45. The van der Waals surface area contributed by atoms with E-state index < -0.39 is 0 Å². The fraction of sp³-hybridized carbons (Fsp3) is 0.571. The molecule has 1 aromatic heterocycles. The van der Waals surface area contributed by atoms with E-state index in [-0.39, 0.29) is 9.68 Å². The van der Waals surface area contributed by atoms with Gasteiger partial charge >= 0.3 is 0 Å². The second kappa shape index (κ2) is 4.28. The second-order valence-electron chi connectivity index (χ2n) is 2.51. The SMILES string of the molecule is CCCC[SiH2]n1ccnc1. The highest BCUT2D eigenvalue weighted by Crippen LogP contribution is 1.94. The van der Waals surface area contributed by atoms with Crippen LogP contribution in [0.4, 0.5) is 0 Å². The molecule has 2 nitrogen and oxygen atoms in total. The van der Waals surface area contributed by atoms with Crippen LogP contribution in [-0.2, 0) is 0 Å². The van der Waals surface area contributed by atoms with Gasteiger partial charge in [0, 0.05) is 12.4 Å². The third-order valence-electron chi connectivity index (χ3n) is 1.58. The summed E-state index contributed by atoms with van der Waals surface area (Å²) in [5, 5.41) is 0. The molecule has 10 heavy (non-hydrogen) atoms. The van der Waals surface area contributed by atoms with Crippen molar-refractivity contribution < 1.29 is 0 Å². The van der Waals surface area contributed by atoms with Crippen molar-refractivity contribution >= 4 is 9.68 Å². The molecule has 0 amide bonds. The van der Waals surface area contributed by atoms with Crippen LogP contribution in [0, 0.1) is 0 Å². The Morgan fingerprint density at radius 2 is 2.50 bits per heavy atom. The van der Waals surface area contributed by atoms with Crippen molar-refractivity contribution in [2.75, 3.05) is 0 Å². The molecule has 0 aliphatic carbocycles. The van der Waals surface area contributed by atoms with Crippen LogP contribution in [0.2, 0.25) is 6.04 Å². The molecule has 56 valence electrons. The van der Waals surface area contributed by atoms with E-state index in [4.69, 9.17) is 0 Å². The summed E-state index contributed by atoms with van der Waals surface area (Å²) in [4.78, 5) is 4.00. The Kier molecular flexibility index (Phi) is 3.22. The van der Waals surface area contributed by atoms with E-state index in [2.05, 4.69) is 22.3 Å². The summed E-state index contributed by atoms with van der Waals surface area (Å²) in [5.74, 6) is 0. The van der Waals surface area contributed by atoms with Crippen LogP contribution in [-0.4, -0.2) is 18.9 Å². The lowest BCUT2D eigenvalue weighted by Crippen LogP contribution is -2.01. The first-order valence-corrected chi connectivity index (χ1v) is 5.52. The van der Waals surface area contributed by atoms with Gasteiger partial charge in [0.1, 0.15) is 9.68 Å². The zero-order chi connectivity index (χ0) is 7.23. The molecule has 0 aliphatic rings. The number of aromatic nitrogens is 2. The third-order valence-corrected chi connectivity index (χ3v) is 3.29. The van der Waals surface area contributed by atoms with Gasteiger partial charge in [-0.3, -0.25) is 0 Å². The number of imidazole rings is 1. The third kappa shape index (κ3) is 2.35. The van der Waals surface area contributed by atoms with Gasteiger partial charge in [-0.05, 0) is 6.04 Å². The Morgan fingerprint density at radius 1 is 1.60 bits per heavy atom. The molecular weight excluding hydrogens is 140 g/mol. The summed E-state index contributed by atoms with van der Waals surface area (Å²) in [6.07, 6.45) is 8.56. The van der Waals surface area contributed by atoms with Crippen molar-refractivity contribution in [3.05, 3.63) is 18.7 Å². The summed E-state index contributed by atoms with van der Waals surface area (Å²) >= 11 is 0. The predicted molar refractivity (Wildman–Crippen MR) is 45.9 cm³/mol. The first-order chi connectivity index (χ1) is 4.93. The van der Waals surface area contributed by atoms with Crippen LogP contribution < -0.4 is 0 Å². The molecule has 0 bridgehead atoms. The summed E-state index contributed by atoms with van der Waals surface area (Å²) in [6, 6.07) is 1.41. The molecule has 1 heterocycles. The average molecular weight is 154 g/mol. The lowest BCUT2D eigenvalue weighted by molar-refractivity contribution is 0.872. The molecule has 0 aromatic carbocycles. The van der Waals surface area contributed by atoms with Crippen LogP contribution in [0.15, 0.2) is 18.7 Å². The minimum absolute atomic E-state index is 0.0260. The molecule has 0 aliphatic heterocycles. The van der Waals surface area contributed by atoms with Crippen molar-refractivity contribution in [1.82, 2.24) is 9.22 Å². The van der Waals surface area contributed by atoms with Gasteiger partial charge < -0.3 is 4.23 Å². The van der Waals surface area contributed by atoms with Gasteiger partial charge in [-0.1, -0.05) is 19.8 Å². The van der Waals surface area contributed by atoms with E-state index in [9.17, 15) is 0 Å². The summed E-state index contributed by atoms with van der Waals surface area (Å²) in [5.41, 5.74) is 0. The van der Waals surface area contributed by atoms with Crippen LogP contribution >= 0.6 is 0 Å². The Bertz CT molecular complexity index is 160. The molecule has 0 saturated heterocycles. The molecule has 1 rings (SSSR count). The molecule has 0 radical (unpaired) electrons. The molecule has 0 N–H and O–H groups in total. The van der Waals surface area contributed by atoms with Gasteiger partial charge in [-0.15, -0.1) is 0 Å². The Hall–Kier alpha value is -0.573. The van der Waals surface area contributed by atoms with Gasteiger partial charge in [0.05, 0.1) is 6.33 Å². The molecule has 0 spiro atoms. The fourth-order valence-corrected chi connectivity index (χ4v) is 2.51. The van der Waals surface area contributed by atoms with Gasteiger partial charge in [-0.25, -0.2) is 4.98 Å². The number of hydrogen-bond acceptors (Lipinski definition) is 1. The monoisotopic (exact) mass is 154 g/mol. The van der Waals surface area contributed by atoms with E-state index in [0.717, 1.165) is 0 Å². The Balaban J connectivity index is 2.15. The molecule has 0 atom stereocenters. The van der Waals surface area contributed by atoms with Gasteiger partial charge in [-0.2, -0.15) is 0 Å². The van der Waals surface area contributed by atoms with Crippen molar-refractivity contribution in [2.45, 2.75) is 25.8 Å². The number of rotatable bonds is 4. The second-order valence-corrected chi connectivity index (χ2v) is 4.39. The van der Waals surface area contributed by atoms with E-state index >= 15 is 0 Å². The highest BCUT2D eigenvalue weighted by molar-refractivity contribution is 6.33. The normalized spacial score (nSPS) is 11.3. The molecule has 0 unspecified atom stereocenters. The minimum atomic E-state index is -0.0260. The zero-order valence-corrected chi connectivity index (χ0v) is 7.87. The highest BCUT2D eigenvalue weighted by atomic mass is 28.2. The first kappa shape index (κ1) is 7.53. The minimum Gasteiger partial charge on any atom is -0.370 e. The fourth-order valence-electron chi connectivity index (χ4n) is 0.963. The molecule has 0 saturated carbocycles. The number of nitrogens with zero attached hydrogens (tertiary/aromatic N) is 2. The van der Waals surface area contributed by atoms with Crippen molar-refractivity contribution in [1.29, 1.82) is 0 Å². The molecule has 1 aromatic rings. The summed E-state index contributed by atoms with van der Waals surface area (Å²) < 4.78 is 2.26. The lowest BCUT2D eigenvalue weighted by atomic mass is 10.4. The highest BCUT2D eigenvalue weighted by Gasteiger charge is 1.88. The van der Waals surface area contributed by atoms with Crippen molar-refractivity contribution in [3.63, 3.8) is 0 Å². The van der Waals surface area contributed by atoms with Crippen molar-refractivity contribution in [2.24, 2.45) is 0 Å². The first-order valence-electron chi connectivity index (χ1n) is 3.89.